The number of nitrogens with one attached hydrogen (secondary N) is 1. The zero-order valence-corrected chi connectivity index (χ0v) is 14.2. The Morgan fingerprint density at radius 1 is 1.05 bits per heavy atom. The lowest BCUT2D eigenvalue weighted by Gasteiger charge is -2.13. The van der Waals surface area contributed by atoms with Crippen molar-refractivity contribution in [3.05, 3.63) is 52.0 Å². The van der Waals surface area contributed by atoms with Crippen LogP contribution in [0.1, 0.15) is 18.1 Å². The summed E-state index contributed by atoms with van der Waals surface area (Å²) in [5.41, 5.74) is 3.58. The zero-order valence-electron chi connectivity index (χ0n) is 12.6. The highest BCUT2D eigenvalue weighted by atomic mass is 79.9. The third kappa shape index (κ3) is 3.91. The van der Waals surface area contributed by atoms with E-state index in [4.69, 9.17) is 9.47 Å². The van der Waals surface area contributed by atoms with E-state index in [-0.39, 0.29) is 0 Å². The molecule has 0 aromatic heterocycles. The first-order chi connectivity index (χ1) is 10.2. The Hall–Kier alpha value is -1.68. The van der Waals surface area contributed by atoms with Crippen molar-refractivity contribution in [3.8, 4) is 11.5 Å². The van der Waals surface area contributed by atoms with Crippen LogP contribution in [0.4, 0.5) is 5.69 Å². The second-order valence-corrected chi connectivity index (χ2v) is 5.57. The van der Waals surface area contributed by atoms with Crippen LogP contribution >= 0.6 is 15.9 Å². The molecule has 0 radical (unpaired) electrons. The molecule has 0 bridgehead atoms. The lowest BCUT2D eigenvalue weighted by molar-refractivity contribution is 0.352. The average Bonchev–Trinajstić information content (AvgIpc) is 2.52. The van der Waals surface area contributed by atoms with E-state index in [0.29, 0.717) is 5.75 Å². The molecule has 1 N–H and O–H groups in total. The molecule has 0 atom stereocenters. The number of hydrogen-bond acceptors (Lipinski definition) is 3. The van der Waals surface area contributed by atoms with Gasteiger partial charge in [0.05, 0.1) is 18.7 Å². The van der Waals surface area contributed by atoms with Gasteiger partial charge in [-0.25, -0.2) is 0 Å². The lowest BCUT2D eigenvalue weighted by atomic mass is 10.1. The second-order valence-electron chi connectivity index (χ2n) is 4.72. The molecule has 0 fully saturated rings. The fourth-order valence-corrected chi connectivity index (χ4v) is 2.83. The molecule has 2 aromatic carbocycles. The van der Waals surface area contributed by atoms with Crippen LogP contribution in [0.25, 0.3) is 0 Å². The van der Waals surface area contributed by atoms with Crippen molar-refractivity contribution in [1.82, 2.24) is 0 Å². The van der Waals surface area contributed by atoms with Crippen molar-refractivity contribution in [1.29, 1.82) is 0 Å². The maximum Gasteiger partial charge on any atom is 0.174 e. The largest absolute Gasteiger partial charge is 0.493 e. The van der Waals surface area contributed by atoms with Crippen molar-refractivity contribution >= 4 is 21.6 Å². The van der Waals surface area contributed by atoms with E-state index in [0.717, 1.165) is 34.4 Å². The van der Waals surface area contributed by atoms with Gasteiger partial charge in [-0.2, -0.15) is 0 Å². The highest BCUT2D eigenvalue weighted by Crippen LogP contribution is 2.36. The molecule has 0 spiro atoms. The Bertz CT molecular complexity index is 614. The summed E-state index contributed by atoms with van der Waals surface area (Å²) in [5, 5.41) is 3.43. The Morgan fingerprint density at radius 3 is 2.52 bits per heavy atom. The van der Waals surface area contributed by atoms with Gasteiger partial charge in [-0.05, 0) is 57.7 Å². The van der Waals surface area contributed by atoms with Crippen LogP contribution in [-0.2, 0) is 13.0 Å². The first-order valence-corrected chi connectivity index (χ1v) is 7.70. The van der Waals surface area contributed by atoms with Crippen molar-refractivity contribution in [2.75, 3.05) is 19.5 Å². The normalized spacial score (nSPS) is 10.3. The first-order valence-electron chi connectivity index (χ1n) is 6.91. The van der Waals surface area contributed by atoms with Gasteiger partial charge >= 0.3 is 0 Å². The Balaban J connectivity index is 2.14. The maximum absolute atomic E-state index is 5.36. The van der Waals surface area contributed by atoms with Gasteiger partial charge in [0.2, 0.25) is 0 Å². The molecule has 0 aliphatic rings. The number of hydrogen-bond donors (Lipinski definition) is 1. The van der Waals surface area contributed by atoms with Crippen molar-refractivity contribution in [3.63, 3.8) is 0 Å². The fraction of sp³-hybridized carbons (Fsp3) is 0.294. The summed E-state index contributed by atoms with van der Waals surface area (Å²) in [6, 6.07) is 12.5. The van der Waals surface area contributed by atoms with Crippen molar-refractivity contribution < 1.29 is 9.47 Å². The Kier molecular flexibility index (Phi) is 5.51. The molecule has 0 heterocycles. The number of methoxy groups -OCH3 is 2. The van der Waals surface area contributed by atoms with Gasteiger partial charge < -0.3 is 14.8 Å². The van der Waals surface area contributed by atoms with Gasteiger partial charge in [0.1, 0.15) is 0 Å². The van der Waals surface area contributed by atoms with E-state index in [1.165, 1.54) is 5.56 Å². The quantitative estimate of drug-likeness (QED) is 0.823. The molecule has 4 heteroatoms. The number of benzene rings is 2. The van der Waals surface area contributed by atoms with E-state index < -0.39 is 0 Å². The molecule has 112 valence electrons. The van der Waals surface area contributed by atoms with Gasteiger partial charge in [0.15, 0.2) is 11.5 Å². The molecule has 0 amide bonds. The van der Waals surface area contributed by atoms with Crippen LogP contribution in [0.5, 0.6) is 11.5 Å². The minimum absolute atomic E-state index is 0.717. The minimum atomic E-state index is 0.717. The van der Waals surface area contributed by atoms with Crippen LogP contribution in [0.3, 0.4) is 0 Å². The van der Waals surface area contributed by atoms with E-state index in [9.17, 15) is 0 Å². The fourth-order valence-electron chi connectivity index (χ4n) is 2.18. The number of anilines is 1. The summed E-state index contributed by atoms with van der Waals surface area (Å²) >= 11 is 3.52. The standard InChI is InChI=1S/C17H20BrNO2/c1-4-12-6-5-7-14(8-12)19-11-13-9-15(18)17(21-3)16(10-13)20-2/h5-10,19H,4,11H2,1-3H3. The minimum Gasteiger partial charge on any atom is -0.493 e. The lowest BCUT2D eigenvalue weighted by Crippen LogP contribution is -2.01. The van der Waals surface area contributed by atoms with E-state index in [1.807, 2.05) is 12.1 Å². The van der Waals surface area contributed by atoms with Gasteiger partial charge in [-0.3, -0.25) is 0 Å². The van der Waals surface area contributed by atoms with Gasteiger partial charge in [-0.1, -0.05) is 19.1 Å². The van der Waals surface area contributed by atoms with E-state index in [2.05, 4.69) is 52.4 Å². The predicted molar refractivity (Wildman–Crippen MR) is 90.4 cm³/mol. The maximum atomic E-state index is 5.36. The monoisotopic (exact) mass is 349 g/mol. The molecule has 0 saturated heterocycles. The Labute approximate surface area is 134 Å². The van der Waals surface area contributed by atoms with Crippen LogP contribution in [-0.4, -0.2) is 14.2 Å². The van der Waals surface area contributed by atoms with Gasteiger partial charge in [0.25, 0.3) is 0 Å². The molecule has 0 unspecified atom stereocenters. The summed E-state index contributed by atoms with van der Waals surface area (Å²) < 4.78 is 11.6. The summed E-state index contributed by atoms with van der Waals surface area (Å²) in [6.07, 6.45) is 1.04. The number of rotatable bonds is 6. The van der Waals surface area contributed by atoms with Crippen molar-refractivity contribution in [2.24, 2.45) is 0 Å². The zero-order chi connectivity index (χ0) is 15.2. The SMILES string of the molecule is CCc1cccc(NCc2cc(Br)c(OC)c(OC)c2)c1. The van der Waals surface area contributed by atoms with E-state index >= 15 is 0 Å². The third-order valence-electron chi connectivity index (χ3n) is 3.33. The molecule has 0 aliphatic heterocycles. The number of halogens is 1. The van der Waals surface area contributed by atoms with Crippen LogP contribution < -0.4 is 14.8 Å². The first kappa shape index (κ1) is 15.7. The number of ether oxygens (including phenoxy) is 2. The summed E-state index contributed by atoms with van der Waals surface area (Å²) in [6.45, 7) is 2.89. The molecular formula is C17H20BrNO2. The second kappa shape index (κ2) is 7.36. The van der Waals surface area contributed by atoms with Gasteiger partial charge in [-0.15, -0.1) is 0 Å². The molecule has 21 heavy (non-hydrogen) atoms. The highest BCUT2D eigenvalue weighted by molar-refractivity contribution is 9.10. The Morgan fingerprint density at radius 2 is 1.86 bits per heavy atom. The van der Waals surface area contributed by atoms with Crippen LogP contribution in [0.15, 0.2) is 40.9 Å². The van der Waals surface area contributed by atoms with E-state index in [1.54, 1.807) is 14.2 Å². The molecule has 0 saturated carbocycles. The third-order valence-corrected chi connectivity index (χ3v) is 3.91. The molecular weight excluding hydrogens is 330 g/mol. The summed E-state index contributed by atoms with van der Waals surface area (Å²) in [4.78, 5) is 0. The molecule has 3 nitrogen and oxygen atoms in total. The van der Waals surface area contributed by atoms with Crippen molar-refractivity contribution in [2.45, 2.75) is 19.9 Å². The highest BCUT2D eigenvalue weighted by Gasteiger charge is 2.10. The smallest absolute Gasteiger partial charge is 0.174 e. The van der Waals surface area contributed by atoms with Crippen LogP contribution in [0.2, 0.25) is 0 Å². The topological polar surface area (TPSA) is 30.5 Å². The van der Waals surface area contributed by atoms with Crippen LogP contribution in [0, 0.1) is 0 Å². The van der Waals surface area contributed by atoms with Gasteiger partial charge in [0, 0.05) is 12.2 Å². The molecule has 2 rings (SSSR count). The molecule has 2 aromatic rings. The number of aryl methyl sites for hydroxylation is 1. The average molecular weight is 350 g/mol. The summed E-state index contributed by atoms with van der Waals surface area (Å²) in [5.74, 6) is 1.44. The predicted octanol–water partition coefficient (Wildman–Crippen LogP) is 4.64. The summed E-state index contributed by atoms with van der Waals surface area (Å²) in [7, 11) is 3.28. The molecule has 0 aliphatic carbocycles.